The molecule has 3 aromatic rings. The van der Waals surface area contributed by atoms with Gasteiger partial charge in [-0.05, 0) is 24.3 Å². The second kappa shape index (κ2) is 3.61. The van der Waals surface area contributed by atoms with Crippen LogP contribution in [0.3, 0.4) is 0 Å². The highest BCUT2D eigenvalue weighted by Crippen LogP contribution is 2.20. The first-order valence-corrected chi connectivity index (χ1v) is 5.53. The van der Waals surface area contributed by atoms with Gasteiger partial charge in [0.15, 0.2) is 5.82 Å². The van der Waals surface area contributed by atoms with Crippen molar-refractivity contribution in [1.82, 2.24) is 15.0 Å². The van der Waals surface area contributed by atoms with Crippen LogP contribution in [-0.2, 0) is 0 Å². The molecule has 0 N–H and O–H groups in total. The van der Waals surface area contributed by atoms with E-state index >= 15 is 0 Å². The number of hydrogen-bond acceptors (Lipinski definition) is 4. The Hall–Kier alpha value is -1.88. The Balaban J connectivity index is 2.14. The fourth-order valence-corrected chi connectivity index (χ4v) is 2.04. The Morgan fingerprint density at radius 2 is 1.88 bits per heavy atom. The lowest BCUT2D eigenvalue weighted by Gasteiger charge is -1.98. The highest BCUT2D eigenvalue weighted by Gasteiger charge is 2.04. The van der Waals surface area contributed by atoms with E-state index in [0.29, 0.717) is 5.82 Å². The third-order valence-corrected chi connectivity index (χ3v) is 2.93. The van der Waals surface area contributed by atoms with E-state index in [1.807, 2.05) is 0 Å². The molecule has 2 aromatic heterocycles. The molecule has 0 saturated carbocycles. The summed E-state index contributed by atoms with van der Waals surface area (Å²) < 4.78 is 12.8. The smallest absolute Gasteiger partial charge is 0.160 e. The average Bonchev–Trinajstić information content (AvgIpc) is 2.77. The zero-order chi connectivity index (χ0) is 11.0. The third kappa shape index (κ3) is 1.55. The summed E-state index contributed by atoms with van der Waals surface area (Å²) in [6, 6.07) is 6.13. The summed E-state index contributed by atoms with van der Waals surface area (Å²) in [5.41, 5.74) is 3.32. The Labute approximate surface area is 94.6 Å². The zero-order valence-electron chi connectivity index (χ0n) is 8.09. The number of thiazole rings is 1. The number of benzene rings is 1. The normalized spacial score (nSPS) is 10.8. The van der Waals surface area contributed by atoms with Gasteiger partial charge in [0.05, 0.1) is 11.7 Å². The van der Waals surface area contributed by atoms with Crippen LogP contribution in [0.2, 0.25) is 0 Å². The van der Waals surface area contributed by atoms with E-state index in [0.717, 1.165) is 15.9 Å². The van der Waals surface area contributed by atoms with E-state index in [2.05, 4.69) is 15.0 Å². The van der Waals surface area contributed by atoms with Crippen LogP contribution in [0, 0.1) is 5.82 Å². The van der Waals surface area contributed by atoms with Crippen molar-refractivity contribution in [3.63, 3.8) is 0 Å². The maximum atomic E-state index is 12.8. The number of halogens is 1. The van der Waals surface area contributed by atoms with Gasteiger partial charge < -0.3 is 0 Å². The fraction of sp³-hybridized carbons (Fsp3) is 0. The molecule has 0 aliphatic heterocycles. The highest BCUT2D eigenvalue weighted by atomic mass is 32.1. The van der Waals surface area contributed by atoms with E-state index in [4.69, 9.17) is 0 Å². The summed E-state index contributed by atoms with van der Waals surface area (Å²) in [5, 5.41) is 0. The van der Waals surface area contributed by atoms with Crippen molar-refractivity contribution in [3.05, 3.63) is 41.8 Å². The molecule has 0 fully saturated rings. The minimum Gasteiger partial charge on any atom is -0.241 e. The molecule has 0 unspecified atom stereocenters. The van der Waals surface area contributed by atoms with Crippen molar-refractivity contribution in [2.45, 2.75) is 0 Å². The summed E-state index contributed by atoms with van der Waals surface area (Å²) >= 11 is 1.46. The van der Waals surface area contributed by atoms with E-state index in [-0.39, 0.29) is 5.82 Å². The van der Waals surface area contributed by atoms with Crippen LogP contribution in [0.25, 0.3) is 21.7 Å². The molecule has 1 aromatic carbocycles. The molecule has 0 spiro atoms. The molecular weight excluding hydrogens is 225 g/mol. The standard InChI is InChI=1S/C11H6FN3S/c12-8-3-1-7(2-4-8)10-13-5-9-11(15-10)16-6-14-9/h1-6H. The molecule has 16 heavy (non-hydrogen) atoms. The molecule has 0 aliphatic carbocycles. The largest absolute Gasteiger partial charge is 0.241 e. The molecular formula is C11H6FN3S. The number of nitrogens with zero attached hydrogens (tertiary/aromatic N) is 3. The van der Waals surface area contributed by atoms with Gasteiger partial charge in [-0.15, -0.1) is 11.3 Å². The number of aromatic nitrogens is 3. The maximum Gasteiger partial charge on any atom is 0.160 e. The highest BCUT2D eigenvalue weighted by molar-refractivity contribution is 7.16. The maximum absolute atomic E-state index is 12.8. The first kappa shape index (κ1) is 9.35. The summed E-state index contributed by atoms with van der Waals surface area (Å²) in [6.45, 7) is 0. The second-order valence-corrected chi connectivity index (χ2v) is 4.08. The van der Waals surface area contributed by atoms with Crippen LogP contribution in [0.5, 0.6) is 0 Å². The minimum atomic E-state index is -0.261. The Bertz CT molecular complexity index is 633. The molecule has 3 nitrogen and oxygen atoms in total. The predicted octanol–water partition coefficient (Wildman–Crippen LogP) is 2.89. The Kier molecular flexibility index (Phi) is 2.11. The van der Waals surface area contributed by atoms with Gasteiger partial charge in [-0.1, -0.05) is 0 Å². The quantitative estimate of drug-likeness (QED) is 0.646. The predicted molar refractivity (Wildman–Crippen MR) is 60.6 cm³/mol. The van der Waals surface area contributed by atoms with Crippen molar-refractivity contribution in [2.24, 2.45) is 0 Å². The van der Waals surface area contributed by atoms with Crippen LogP contribution in [0.15, 0.2) is 36.0 Å². The number of fused-ring (bicyclic) bond motifs is 1. The molecule has 0 bridgehead atoms. The molecule has 0 atom stereocenters. The van der Waals surface area contributed by atoms with Gasteiger partial charge in [-0.2, -0.15) is 0 Å². The van der Waals surface area contributed by atoms with E-state index in [1.54, 1.807) is 23.8 Å². The van der Waals surface area contributed by atoms with Crippen LogP contribution in [-0.4, -0.2) is 15.0 Å². The van der Waals surface area contributed by atoms with Gasteiger partial charge in [0.2, 0.25) is 0 Å². The van der Waals surface area contributed by atoms with Crippen LogP contribution in [0.4, 0.5) is 4.39 Å². The third-order valence-electron chi connectivity index (χ3n) is 2.19. The molecule has 78 valence electrons. The summed E-state index contributed by atoms with van der Waals surface area (Å²) in [7, 11) is 0. The van der Waals surface area contributed by atoms with Crippen molar-refractivity contribution in [1.29, 1.82) is 0 Å². The van der Waals surface area contributed by atoms with Crippen LogP contribution in [0.1, 0.15) is 0 Å². The van der Waals surface area contributed by atoms with Gasteiger partial charge >= 0.3 is 0 Å². The van der Waals surface area contributed by atoms with Gasteiger partial charge in [0, 0.05) is 5.56 Å². The summed E-state index contributed by atoms with van der Waals surface area (Å²) in [5.74, 6) is 0.333. The minimum absolute atomic E-state index is 0.261. The number of hydrogen-bond donors (Lipinski definition) is 0. The monoisotopic (exact) mass is 231 g/mol. The average molecular weight is 231 g/mol. The lowest BCUT2D eigenvalue weighted by Crippen LogP contribution is -1.88. The molecule has 0 saturated heterocycles. The van der Waals surface area contributed by atoms with Crippen molar-refractivity contribution < 1.29 is 4.39 Å². The molecule has 5 heteroatoms. The first-order chi connectivity index (χ1) is 7.83. The lowest BCUT2D eigenvalue weighted by molar-refractivity contribution is 0.628. The Morgan fingerprint density at radius 1 is 1.06 bits per heavy atom. The van der Waals surface area contributed by atoms with Gasteiger partial charge in [-0.3, -0.25) is 0 Å². The molecule has 3 rings (SSSR count). The topological polar surface area (TPSA) is 38.7 Å². The van der Waals surface area contributed by atoms with Crippen molar-refractivity contribution in [2.75, 3.05) is 0 Å². The van der Waals surface area contributed by atoms with Gasteiger partial charge in [-0.25, -0.2) is 19.3 Å². The van der Waals surface area contributed by atoms with Gasteiger partial charge in [0.25, 0.3) is 0 Å². The molecule has 0 amide bonds. The Morgan fingerprint density at radius 3 is 2.69 bits per heavy atom. The summed E-state index contributed by atoms with van der Waals surface area (Å²) in [4.78, 5) is 13.5. The second-order valence-electron chi connectivity index (χ2n) is 3.24. The van der Waals surface area contributed by atoms with Crippen molar-refractivity contribution >= 4 is 21.7 Å². The van der Waals surface area contributed by atoms with Crippen LogP contribution >= 0.6 is 11.3 Å². The fourth-order valence-electron chi connectivity index (χ4n) is 1.41. The summed E-state index contributed by atoms with van der Waals surface area (Å²) in [6.07, 6.45) is 1.68. The molecule has 2 heterocycles. The van der Waals surface area contributed by atoms with Crippen LogP contribution < -0.4 is 0 Å². The van der Waals surface area contributed by atoms with Crippen molar-refractivity contribution in [3.8, 4) is 11.4 Å². The lowest BCUT2D eigenvalue weighted by atomic mass is 10.2. The van der Waals surface area contributed by atoms with Gasteiger partial charge in [0.1, 0.15) is 16.2 Å². The van der Waals surface area contributed by atoms with E-state index in [9.17, 15) is 4.39 Å². The molecule has 0 aliphatic rings. The SMILES string of the molecule is Fc1ccc(-c2ncc3ncsc3n2)cc1. The van der Waals surface area contributed by atoms with E-state index in [1.165, 1.54) is 23.5 Å². The first-order valence-electron chi connectivity index (χ1n) is 4.65. The van der Waals surface area contributed by atoms with E-state index < -0.39 is 0 Å². The zero-order valence-corrected chi connectivity index (χ0v) is 8.91. The molecule has 0 radical (unpaired) electrons. The number of rotatable bonds is 1.